The Labute approximate surface area is 96.9 Å². The smallest absolute Gasteiger partial charge is 0.163 e. The lowest BCUT2D eigenvalue weighted by atomic mass is 10.1. The van der Waals surface area contributed by atoms with Gasteiger partial charge in [-0.2, -0.15) is 0 Å². The second-order valence-electron chi connectivity index (χ2n) is 2.88. The molecule has 1 aromatic carbocycles. The number of benzene rings is 1. The summed E-state index contributed by atoms with van der Waals surface area (Å²) >= 11 is 9.14. The van der Waals surface area contributed by atoms with Gasteiger partial charge in [0.05, 0.1) is 5.02 Å². The number of hydrogen-bond donors (Lipinski definition) is 0. The Bertz CT molecular complexity index is 360. The van der Waals surface area contributed by atoms with Crippen molar-refractivity contribution in [1.29, 1.82) is 0 Å². The molecule has 0 fully saturated rings. The quantitative estimate of drug-likeness (QED) is 0.592. The van der Waals surface area contributed by atoms with E-state index in [0.717, 1.165) is 4.47 Å². The fraction of sp³-hybridized carbons (Fsp3) is 0.182. The van der Waals surface area contributed by atoms with Crippen LogP contribution in [-0.2, 0) is 0 Å². The summed E-state index contributed by atoms with van der Waals surface area (Å²) in [7, 11) is 0. The van der Waals surface area contributed by atoms with Crippen molar-refractivity contribution in [3.63, 3.8) is 0 Å². The lowest BCUT2D eigenvalue weighted by Gasteiger charge is -2.01. The van der Waals surface area contributed by atoms with Gasteiger partial charge < -0.3 is 0 Å². The molecule has 0 saturated heterocycles. The van der Waals surface area contributed by atoms with Gasteiger partial charge in [-0.25, -0.2) is 0 Å². The number of ketones is 1. The van der Waals surface area contributed by atoms with Crippen LogP contribution in [0.2, 0.25) is 5.02 Å². The Hall–Kier alpha value is -0.600. The van der Waals surface area contributed by atoms with Gasteiger partial charge in [-0.05, 0) is 34.5 Å². The molecule has 0 aliphatic rings. The summed E-state index contributed by atoms with van der Waals surface area (Å²) < 4.78 is 0.805. The van der Waals surface area contributed by atoms with Crippen molar-refractivity contribution in [2.24, 2.45) is 0 Å². The number of rotatable bonds is 4. The van der Waals surface area contributed by atoms with Crippen LogP contribution < -0.4 is 0 Å². The normalized spacial score (nSPS) is 9.86. The van der Waals surface area contributed by atoms with Gasteiger partial charge >= 0.3 is 0 Å². The van der Waals surface area contributed by atoms with Gasteiger partial charge in [-0.1, -0.05) is 23.7 Å². The largest absolute Gasteiger partial charge is 0.294 e. The Morgan fingerprint density at radius 3 is 2.86 bits per heavy atom. The molecule has 0 heterocycles. The molecule has 0 aliphatic heterocycles. The third-order valence-corrected chi connectivity index (χ3v) is 3.05. The van der Waals surface area contributed by atoms with Gasteiger partial charge in [0, 0.05) is 16.5 Å². The molecule has 1 rings (SSSR count). The molecule has 74 valence electrons. The predicted octanol–water partition coefficient (Wildman–Crippen LogP) is 4.25. The molecule has 0 spiro atoms. The Morgan fingerprint density at radius 1 is 1.57 bits per heavy atom. The summed E-state index contributed by atoms with van der Waals surface area (Å²) in [5.41, 5.74) is 0.653. The monoisotopic (exact) mass is 272 g/mol. The summed E-state index contributed by atoms with van der Waals surface area (Å²) in [6.07, 6.45) is 2.92. The second-order valence-corrected chi connectivity index (χ2v) is 4.14. The van der Waals surface area contributed by atoms with Crippen LogP contribution >= 0.6 is 27.5 Å². The first-order chi connectivity index (χ1) is 6.65. The van der Waals surface area contributed by atoms with E-state index in [1.165, 1.54) is 0 Å². The molecule has 0 radical (unpaired) electrons. The summed E-state index contributed by atoms with van der Waals surface area (Å²) in [5, 5.41) is 0.564. The molecule has 0 aromatic heterocycles. The third kappa shape index (κ3) is 2.96. The van der Waals surface area contributed by atoms with E-state index >= 15 is 0 Å². The minimum Gasteiger partial charge on any atom is -0.294 e. The van der Waals surface area contributed by atoms with Gasteiger partial charge in [-0.15, -0.1) is 6.58 Å². The summed E-state index contributed by atoms with van der Waals surface area (Å²) in [6, 6.07) is 5.22. The molecule has 3 heteroatoms. The number of halogens is 2. The van der Waals surface area contributed by atoms with E-state index in [1.54, 1.807) is 24.3 Å². The lowest BCUT2D eigenvalue weighted by molar-refractivity contribution is 0.0983. The van der Waals surface area contributed by atoms with Crippen LogP contribution in [0.1, 0.15) is 23.2 Å². The lowest BCUT2D eigenvalue weighted by Crippen LogP contribution is -1.97. The van der Waals surface area contributed by atoms with E-state index in [0.29, 0.717) is 23.4 Å². The average molecular weight is 274 g/mol. The summed E-state index contributed by atoms with van der Waals surface area (Å²) in [5.74, 6) is 0.0966. The maximum absolute atomic E-state index is 11.5. The highest BCUT2D eigenvalue weighted by Gasteiger charge is 2.06. The van der Waals surface area contributed by atoms with Crippen molar-refractivity contribution in [3.8, 4) is 0 Å². The van der Waals surface area contributed by atoms with Gasteiger partial charge in [-0.3, -0.25) is 4.79 Å². The van der Waals surface area contributed by atoms with Crippen LogP contribution in [0.5, 0.6) is 0 Å². The molecule has 0 saturated carbocycles. The molecular formula is C11H10BrClO. The Balaban J connectivity index is 2.80. The molecule has 0 bridgehead atoms. The van der Waals surface area contributed by atoms with Crippen LogP contribution in [0.3, 0.4) is 0 Å². The summed E-state index contributed by atoms with van der Waals surface area (Å²) in [6.45, 7) is 3.57. The molecule has 0 N–H and O–H groups in total. The minimum atomic E-state index is 0.0966. The SMILES string of the molecule is C=CCCC(=O)c1ccc(Br)c(Cl)c1. The number of hydrogen-bond acceptors (Lipinski definition) is 1. The van der Waals surface area contributed by atoms with Crippen LogP contribution in [-0.4, -0.2) is 5.78 Å². The number of carbonyl (C=O) groups excluding carboxylic acids is 1. The van der Waals surface area contributed by atoms with Gasteiger partial charge in [0.1, 0.15) is 0 Å². The number of carbonyl (C=O) groups is 1. The molecule has 14 heavy (non-hydrogen) atoms. The van der Waals surface area contributed by atoms with Crippen molar-refractivity contribution in [2.75, 3.05) is 0 Å². The fourth-order valence-corrected chi connectivity index (χ4v) is 1.47. The van der Waals surface area contributed by atoms with Crippen molar-refractivity contribution >= 4 is 33.3 Å². The molecule has 0 aliphatic carbocycles. The predicted molar refractivity (Wildman–Crippen MR) is 62.9 cm³/mol. The van der Waals surface area contributed by atoms with E-state index in [9.17, 15) is 4.79 Å². The Morgan fingerprint density at radius 2 is 2.29 bits per heavy atom. The van der Waals surface area contributed by atoms with Crippen LogP contribution in [0.25, 0.3) is 0 Å². The molecular weight excluding hydrogens is 263 g/mol. The minimum absolute atomic E-state index is 0.0966. The maximum atomic E-state index is 11.5. The second kappa shape index (κ2) is 5.32. The van der Waals surface area contributed by atoms with E-state index in [-0.39, 0.29) is 5.78 Å². The summed E-state index contributed by atoms with van der Waals surface area (Å²) in [4.78, 5) is 11.5. The number of allylic oxidation sites excluding steroid dienone is 1. The zero-order chi connectivity index (χ0) is 10.6. The average Bonchev–Trinajstić information content (AvgIpc) is 2.18. The van der Waals surface area contributed by atoms with Crippen molar-refractivity contribution in [1.82, 2.24) is 0 Å². The van der Waals surface area contributed by atoms with Crippen LogP contribution in [0.15, 0.2) is 35.3 Å². The van der Waals surface area contributed by atoms with E-state index in [1.807, 2.05) is 0 Å². The standard InChI is InChI=1S/C11H10BrClO/c1-2-3-4-11(14)8-5-6-9(12)10(13)7-8/h2,5-7H,1,3-4H2. The van der Waals surface area contributed by atoms with Gasteiger partial charge in [0.15, 0.2) is 5.78 Å². The third-order valence-electron chi connectivity index (χ3n) is 1.82. The molecule has 1 nitrogen and oxygen atoms in total. The molecule has 0 unspecified atom stereocenters. The van der Waals surface area contributed by atoms with Gasteiger partial charge in [0.25, 0.3) is 0 Å². The van der Waals surface area contributed by atoms with Gasteiger partial charge in [0.2, 0.25) is 0 Å². The van der Waals surface area contributed by atoms with E-state index in [4.69, 9.17) is 11.6 Å². The fourth-order valence-electron chi connectivity index (χ4n) is 1.05. The molecule has 0 amide bonds. The van der Waals surface area contributed by atoms with Crippen molar-refractivity contribution in [2.45, 2.75) is 12.8 Å². The zero-order valence-electron chi connectivity index (χ0n) is 7.59. The maximum Gasteiger partial charge on any atom is 0.163 e. The molecule has 1 aromatic rings. The van der Waals surface area contributed by atoms with E-state index in [2.05, 4.69) is 22.5 Å². The Kier molecular flexibility index (Phi) is 4.36. The molecule has 0 atom stereocenters. The first-order valence-corrected chi connectivity index (χ1v) is 5.41. The highest BCUT2D eigenvalue weighted by molar-refractivity contribution is 9.10. The van der Waals surface area contributed by atoms with Crippen LogP contribution in [0, 0.1) is 0 Å². The zero-order valence-corrected chi connectivity index (χ0v) is 9.94. The highest BCUT2D eigenvalue weighted by Crippen LogP contribution is 2.23. The number of Topliss-reactive ketones (excluding diaryl/α,β-unsaturated/α-hetero) is 1. The topological polar surface area (TPSA) is 17.1 Å². The van der Waals surface area contributed by atoms with Crippen molar-refractivity contribution < 1.29 is 4.79 Å². The van der Waals surface area contributed by atoms with E-state index < -0.39 is 0 Å². The van der Waals surface area contributed by atoms with Crippen LogP contribution in [0.4, 0.5) is 0 Å². The highest BCUT2D eigenvalue weighted by atomic mass is 79.9. The first kappa shape index (κ1) is 11.5. The first-order valence-electron chi connectivity index (χ1n) is 4.24. The van der Waals surface area contributed by atoms with Crippen molar-refractivity contribution in [3.05, 3.63) is 45.9 Å².